The van der Waals surface area contributed by atoms with Crippen molar-refractivity contribution in [2.45, 2.75) is 56.9 Å². The third-order valence-corrected chi connectivity index (χ3v) is 6.62. The van der Waals surface area contributed by atoms with Crippen molar-refractivity contribution in [2.75, 3.05) is 46.4 Å². The summed E-state index contributed by atoms with van der Waals surface area (Å²) in [7, 11) is 1.82. The fourth-order valence-corrected chi connectivity index (χ4v) is 4.52. The lowest BCUT2D eigenvalue weighted by Gasteiger charge is -2.41. The number of benzene rings is 1. The molecule has 2 aliphatic heterocycles. The fourth-order valence-electron chi connectivity index (χ4n) is 4.52. The normalized spacial score (nSPS) is 21.0. The van der Waals surface area contributed by atoms with Gasteiger partial charge in [-0.2, -0.15) is 0 Å². The molecule has 2 saturated heterocycles. The van der Waals surface area contributed by atoms with Crippen LogP contribution in [-0.4, -0.2) is 62.8 Å². The van der Waals surface area contributed by atoms with Gasteiger partial charge in [-0.25, -0.2) is 4.39 Å². The third kappa shape index (κ3) is 5.70. The summed E-state index contributed by atoms with van der Waals surface area (Å²) in [6.45, 7) is 10.0. The van der Waals surface area contributed by atoms with Crippen LogP contribution in [-0.2, 0) is 10.2 Å². The van der Waals surface area contributed by atoms with Crippen LogP contribution in [0.2, 0.25) is 0 Å². The predicted molar refractivity (Wildman–Crippen MR) is 117 cm³/mol. The molecular weight excluding hydrogens is 367 g/mol. The van der Waals surface area contributed by atoms with E-state index in [-0.39, 0.29) is 16.8 Å². The highest BCUT2D eigenvalue weighted by molar-refractivity contribution is 5.79. The maximum Gasteiger partial charge on any atom is 0.191 e. The lowest BCUT2D eigenvalue weighted by atomic mass is 9.74. The van der Waals surface area contributed by atoms with Crippen LogP contribution in [0.25, 0.3) is 0 Å². The Morgan fingerprint density at radius 3 is 2.38 bits per heavy atom. The molecule has 0 saturated carbocycles. The minimum Gasteiger partial charge on any atom is -0.381 e. The van der Waals surface area contributed by atoms with Crippen molar-refractivity contribution in [1.82, 2.24) is 15.5 Å². The van der Waals surface area contributed by atoms with Gasteiger partial charge in [0.15, 0.2) is 5.96 Å². The molecule has 2 heterocycles. The first-order valence-electron chi connectivity index (χ1n) is 11.0. The summed E-state index contributed by atoms with van der Waals surface area (Å²) in [5.41, 5.74) is 1.19. The van der Waals surface area contributed by atoms with Crippen LogP contribution < -0.4 is 10.6 Å². The molecule has 0 unspecified atom stereocenters. The molecule has 0 amide bonds. The maximum atomic E-state index is 13.4. The number of rotatable bonds is 6. The Bertz CT molecular complexity index is 662. The van der Waals surface area contributed by atoms with Crippen LogP contribution in [0.15, 0.2) is 29.3 Å². The average Bonchev–Trinajstić information content (AvgIpc) is 2.75. The van der Waals surface area contributed by atoms with Gasteiger partial charge in [0.2, 0.25) is 0 Å². The van der Waals surface area contributed by atoms with Crippen molar-refractivity contribution in [3.8, 4) is 0 Å². The van der Waals surface area contributed by atoms with E-state index in [1.807, 2.05) is 19.2 Å². The number of hydrogen-bond acceptors (Lipinski definition) is 3. The highest BCUT2D eigenvalue weighted by atomic mass is 19.1. The fraction of sp³-hybridized carbons (Fsp3) is 0.696. The largest absolute Gasteiger partial charge is 0.381 e. The lowest BCUT2D eigenvalue weighted by Crippen LogP contribution is -2.56. The molecule has 2 fully saturated rings. The van der Waals surface area contributed by atoms with Crippen molar-refractivity contribution in [3.05, 3.63) is 35.6 Å². The quantitative estimate of drug-likeness (QED) is 0.564. The van der Waals surface area contributed by atoms with Crippen LogP contribution in [0, 0.1) is 5.82 Å². The highest BCUT2D eigenvalue weighted by Gasteiger charge is 2.35. The number of aliphatic imine (C=N–C) groups is 1. The Hall–Kier alpha value is -1.66. The SMILES string of the molecule is CN=C(NCC1(c2ccc(F)cc2)CCOCC1)NCC(C)(C)N1CCCCC1. The Labute approximate surface area is 175 Å². The molecule has 3 rings (SSSR count). The Kier molecular flexibility index (Phi) is 7.52. The zero-order valence-corrected chi connectivity index (χ0v) is 18.3. The molecule has 162 valence electrons. The Morgan fingerprint density at radius 2 is 1.76 bits per heavy atom. The molecule has 29 heavy (non-hydrogen) atoms. The number of ether oxygens (including phenoxy) is 1. The molecule has 1 aromatic rings. The minimum absolute atomic E-state index is 0.0635. The third-order valence-electron chi connectivity index (χ3n) is 6.62. The van der Waals surface area contributed by atoms with E-state index in [0.717, 1.165) is 45.1 Å². The van der Waals surface area contributed by atoms with Gasteiger partial charge < -0.3 is 15.4 Å². The minimum atomic E-state index is -0.193. The van der Waals surface area contributed by atoms with Gasteiger partial charge in [0.1, 0.15) is 5.82 Å². The van der Waals surface area contributed by atoms with Crippen LogP contribution in [0.3, 0.4) is 0 Å². The van der Waals surface area contributed by atoms with Crippen LogP contribution in [0.1, 0.15) is 51.5 Å². The maximum absolute atomic E-state index is 13.4. The van der Waals surface area contributed by atoms with Crippen molar-refractivity contribution in [3.63, 3.8) is 0 Å². The standard InChI is InChI=1S/C23H37FN4O/c1-22(2,28-13-5-4-6-14-28)17-26-21(25-3)27-18-23(11-15-29-16-12-23)19-7-9-20(24)10-8-19/h7-10H,4-6,11-18H2,1-3H3,(H2,25,26,27). The van der Waals surface area contributed by atoms with E-state index in [2.05, 4.69) is 34.4 Å². The van der Waals surface area contributed by atoms with Crippen molar-refractivity contribution in [1.29, 1.82) is 0 Å². The second-order valence-corrected chi connectivity index (χ2v) is 9.04. The van der Waals surface area contributed by atoms with E-state index in [1.165, 1.54) is 37.9 Å². The summed E-state index contributed by atoms with van der Waals surface area (Å²) in [6.07, 6.45) is 5.76. The summed E-state index contributed by atoms with van der Waals surface area (Å²) in [5.74, 6) is 0.629. The van der Waals surface area contributed by atoms with E-state index < -0.39 is 0 Å². The van der Waals surface area contributed by atoms with Gasteiger partial charge in [-0.1, -0.05) is 18.6 Å². The zero-order valence-electron chi connectivity index (χ0n) is 18.3. The number of nitrogens with zero attached hydrogens (tertiary/aromatic N) is 2. The molecule has 0 aromatic heterocycles. The van der Waals surface area contributed by atoms with E-state index in [1.54, 1.807) is 12.1 Å². The molecule has 0 spiro atoms. The second-order valence-electron chi connectivity index (χ2n) is 9.04. The van der Waals surface area contributed by atoms with E-state index in [9.17, 15) is 4.39 Å². The number of likely N-dealkylation sites (tertiary alicyclic amines) is 1. The number of nitrogens with one attached hydrogen (secondary N) is 2. The van der Waals surface area contributed by atoms with Gasteiger partial charge in [0.25, 0.3) is 0 Å². The Morgan fingerprint density at radius 1 is 1.10 bits per heavy atom. The summed E-state index contributed by atoms with van der Waals surface area (Å²) >= 11 is 0. The van der Waals surface area contributed by atoms with Gasteiger partial charge in [0, 0.05) is 44.3 Å². The topological polar surface area (TPSA) is 48.9 Å². The molecular formula is C23H37FN4O. The Balaban J connectivity index is 1.61. The van der Waals surface area contributed by atoms with Crippen LogP contribution in [0.5, 0.6) is 0 Å². The highest BCUT2D eigenvalue weighted by Crippen LogP contribution is 2.34. The van der Waals surface area contributed by atoms with Gasteiger partial charge in [-0.3, -0.25) is 9.89 Å². The number of halogens is 1. The zero-order chi connectivity index (χ0) is 20.7. The van der Waals surface area contributed by atoms with E-state index in [4.69, 9.17) is 4.74 Å². The molecule has 2 N–H and O–H groups in total. The van der Waals surface area contributed by atoms with Crippen LogP contribution >= 0.6 is 0 Å². The summed E-state index contributed by atoms with van der Waals surface area (Å²) in [5, 5.41) is 7.07. The van der Waals surface area contributed by atoms with Gasteiger partial charge >= 0.3 is 0 Å². The monoisotopic (exact) mass is 404 g/mol. The van der Waals surface area contributed by atoms with Gasteiger partial charge in [-0.05, 0) is 70.3 Å². The predicted octanol–water partition coefficient (Wildman–Crippen LogP) is 3.30. The molecule has 0 atom stereocenters. The lowest BCUT2D eigenvalue weighted by molar-refractivity contribution is 0.0513. The average molecular weight is 405 g/mol. The number of hydrogen-bond donors (Lipinski definition) is 2. The molecule has 0 bridgehead atoms. The first-order chi connectivity index (χ1) is 14.0. The van der Waals surface area contributed by atoms with Crippen molar-refractivity contribution < 1.29 is 9.13 Å². The summed E-state index contributed by atoms with van der Waals surface area (Å²) < 4.78 is 19.0. The van der Waals surface area contributed by atoms with Gasteiger partial charge in [0.05, 0.1) is 0 Å². The summed E-state index contributed by atoms with van der Waals surface area (Å²) in [6, 6.07) is 6.94. The molecule has 2 aliphatic rings. The number of guanidine groups is 1. The van der Waals surface area contributed by atoms with Gasteiger partial charge in [-0.15, -0.1) is 0 Å². The van der Waals surface area contributed by atoms with Crippen molar-refractivity contribution in [2.24, 2.45) is 4.99 Å². The van der Waals surface area contributed by atoms with E-state index in [0.29, 0.717) is 0 Å². The van der Waals surface area contributed by atoms with E-state index >= 15 is 0 Å². The molecule has 0 aliphatic carbocycles. The second kappa shape index (κ2) is 9.90. The first-order valence-corrected chi connectivity index (χ1v) is 11.0. The van der Waals surface area contributed by atoms with Crippen LogP contribution in [0.4, 0.5) is 4.39 Å². The number of piperidine rings is 1. The van der Waals surface area contributed by atoms with Crippen molar-refractivity contribution >= 4 is 5.96 Å². The molecule has 0 radical (unpaired) electrons. The summed E-state index contributed by atoms with van der Waals surface area (Å²) in [4.78, 5) is 7.02. The molecule has 5 nitrogen and oxygen atoms in total. The molecule has 1 aromatic carbocycles. The first kappa shape index (κ1) is 22.0. The smallest absolute Gasteiger partial charge is 0.191 e. The molecule has 6 heteroatoms.